The first-order valence-electron chi connectivity index (χ1n) is 7.80. The summed E-state index contributed by atoms with van der Waals surface area (Å²) in [7, 11) is 2.20. The lowest BCUT2D eigenvalue weighted by Crippen LogP contribution is -2.27. The summed E-state index contributed by atoms with van der Waals surface area (Å²) < 4.78 is 0. The number of aromatic hydroxyl groups is 1. The molecule has 1 aromatic carbocycles. The summed E-state index contributed by atoms with van der Waals surface area (Å²) in [5, 5.41) is 13.9. The zero-order valence-corrected chi connectivity index (χ0v) is 12.8. The molecule has 0 spiro atoms. The molecule has 0 amide bonds. The van der Waals surface area contributed by atoms with E-state index in [0.717, 1.165) is 24.4 Å². The van der Waals surface area contributed by atoms with Crippen LogP contribution in [0.3, 0.4) is 0 Å². The second kappa shape index (κ2) is 5.38. The van der Waals surface area contributed by atoms with E-state index in [0.29, 0.717) is 17.7 Å². The Morgan fingerprint density at radius 1 is 1.35 bits per heavy atom. The average molecular weight is 274 g/mol. The first-order chi connectivity index (χ1) is 9.56. The molecule has 3 rings (SSSR count). The van der Waals surface area contributed by atoms with E-state index in [1.54, 1.807) is 0 Å². The van der Waals surface area contributed by atoms with Crippen molar-refractivity contribution in [2.75, 3.05) is 26.7 Å². The standard InChI is InChI=1S/C17H26N2O/c1-11-4-5-15(20)17-14(8-12(2)16(11)17)18-9-13-6-7-19(3)10-13/h4-5,12-14,18,20H,6-10H2,1-3H3. The van der Waals surface area contributed by atoms with Gasteiger partial charge in [0.15, 0.2) is 0 Å². The lowest BCUT2D eigenvalue weighted by atomic mass is 9.97. The highest BCUT2D eigenvalue weighted by atomic mass is 16.3. The number of hydrogen-bond acceptors (Lipinski definition) is 3. The Morgan fingerprint density at radius 3 is 2.85 bits per heavy atom. The van der Waals surface area contributed by atoms with Crippen molar-refractivity contribution in [2.45, 2.75) is 38.6 Å². The molecule has 3 nitrogen and oxygen atoms in total. The van der Waals surface area contributed by atoms with E-state index in [-0.39, 0.29) is 0 Å². The predicted octanol–water partition coefficient (Wildman–Crippen LogP) is 2.79. The van der Waals surface area contributed by atoms with Crippen molar-refractivity contribution < 1.29 is 5.11 Å². The van der Waals surface area contributed by atoms with Crippen molar-refractivity contribution in [3.63, 3.8) is 0 Å². The molecule has 110 valence electrons. The first-order valence-corrected chi connectivity index (χ1v) is 7.80. The van der Waals surface area contributed by atoms with E-state index in [1.807, 2.05) is 12.1 Å². The maximum absolute atomic E-state index is 10.2. The third-order valence-corrected chi connectivity index (χ3v) is 5.05. The number of fused-ring (bicyclic) bond motifs is 1. The number of phenols is 1. The summed E-state index contributed by atoms with van der Waals surface area (Å²) in [6.45, 7) is 7.91. The highest BCUT2D eigenvalue weighted by Gasteiger charge is 2.32. The molecule has 1 fully saturated rings. The van der Waals surface area contributed by atoms with Crippen LogP contribution in [0.25, 0.3) is 0 Å². The number of rotatable bonds is 3. The van der Waals surface area contributed by atoms with E-state index in [2.05, 4.69) is 31.1 Å². The van der Waals surface area contributed by atoms with E-state index < -0.39 is 0 Å². The zero-order chi connectivity index (χ0) is 14.3. The maximum atomic E-state index is 10.2. The van der Waals surface area contributed by atoms with Crippen LogP contribution in [0.5, 0.6) is 5.75 Å². The molecular weight excluding hydrogens is 248 g/mol. The molecule has 20 heavy (non-hydrogen) atoms. The summed E-state index contributed by atoms with van der Waals surface area (Å²) in [5.74, 6) is 1.77. The minimum atomic E-state index is 0.325. The number of benzene rings is 1. The monoisotopic (exact) mass is 274 g/mol. The molecule has 3 atom stereocenters. The third-order valence-electron chi connectivity index (χ3n) is 5.05. The molecule has 3 heteroatoms. The Bertz CT molecular complexity index is 500. The van der Waals surface area contributed by atoms with Crippen LogP contribution >= 0.6 is 0 Å². The summed E-state index contributed by atoms with van der Waals surface area (Å²) in [6, 6.07) is 4.22. The molecule has 0 aromatic heterocycles. The Hall–Kier alpha value is -1.06. The zero-order valence-electron chi connectivity index (χ0n) is 12.8. The SMILES string of the molecule is Cc1ccc(O)c2c1C(C)CC2NCC1CCN(C)C1. The Balaban J connectivity index is 1.73. The summed E-state index contributed by atoms with van der Waals surface area (Å²) in [4.78, 5) is 2.40. The van der Waals surface area contributed by atoms with Gasteiger partial charge < -0.3 is 15.3 Å². The lowest BCUT2D eigenvalue weighted by molar-refractivity contribution is 0.374. The number of nitrogens with zero attached hydrogens (tertiary/aromatic N) is 1. The second-order valence-corrected chi connectivity index (χ2v) is 6.74. The van der Waals surface area contributed by atoms with Crippen LogP contribution < -0.4 is 5.32 Å². The normalized spacial score (nSPS) is 29.9. The number of nitrogens with one attached hydrogen (secondary N) is 1. The molecule has 0 radical (unpaired) electrons. The van der Waals surface area contributed by atoms with Crippen molar-refractivity contribution in [3.8, 4) is 5.75 Å². The van der Waals surface area contributed by atoms with Crippen molar-refractivity contribution in [1.82, 2.24) is 10.2 Å². The van der Waals surface area contributed by atoms with Crippen molar-refractivity contribution in [1.29, 1.82) is 0 Å². The fourth-order valence-corrected chi connectivity index (χ4v) is 4.03. The Labute approximate surface area is 122 Å². The summed E-state index contributed by atoms with van der Waals surface area (Å²) in [6.07, 6.45) is 2.40. The fourth-order valence-electron chi connectivity index (χ4n) is 4.03. The van der Waals surface area contributed by atoms with Gasteiger partial charge in [0.1, 0.15) is 5.75 Å². The van der Waals surface area contributed by atoms with Crippen molar-refractivity contribution >= 4 is 0 Å². The van der Waals surface area contributed by atoms with Crippen LogP contribution in [0.1, 0.15) is 48.4 Å². The molecule has 2 N–H and O–H groups in total. The molecule has 1 heterocycles. The van der Waals surface area contributed by atoms with Crippen molar-refractivity contribution in [2.24, 2.45) is 5.92 Å². The molecule has 0 saturated carbocycles. The van der Waals surface area contributed by atoms with Gasteiger partial charge in [0.2, 0.25) is 0 Å². The molecule has 0 bridgehead atoms. The molecular formula is C17H26N2O. The predicted molar refractivity (Wildman–Crippen MR) is 82.2 cm³/mol. The van der Waals surface area contributed by atoms with Gasteiger partial charge in [-0.1, -0.05) is 13.0 Å². The van der Waals surface area contributed by atoms with E-state index in [1.165, 1.54) is 30.6 Å². The quantitative estimate of drug-likeness (QED) is 0.889. The number of aryl methyl sites for hydroxylation is 1. The third kappa shape index (κ3) is 2.45. The van der Waals surface area contributed by atoms with Gasteiger partial charge in [-0.3, -0.25) is 0 Å². The van der Waals surface area contributed by atoms with Crippen LogP contribution in [0.4, 0.5) is 0 Å². The number of hydrogen-bond donors (Lipinski definition) is 2. The van der Waals surface area contributed by atoms with Crippen LogP contribution in [0, 0.1) is 12.8 Å². The minimum absolute atomic E-state index is 0.325. The molecule has 1 saturated heterocycles. The minimum Gasteiger partial charge on any atom is -0.508 e. The van der Waals surface area contributed by atoms with Crippen LogP contribution in [0.15, 0.2) is 12.1 Å². The summed E-state index contributed by atoms with van der Waals surface area (Å²) in [5.41, 5.74) is 3.84. The largest absolute Gasteiger partial charge is 0.508 e. The van der Waals surface area contributed by atoms with Gasteiger partial charge in [-0.2, -0.15) is 0 Å². The molecule has 2 aliphatic rings. The van der Waals surface area contributed by atoms with Gasteiger partial charge >= 0.3 is 0 Å². The molecule has 1 aliphatic carbocycles. The Kier molecular flexibility index (Phi) is 3.74. The molecule has 1 aliphatic heterocycles. The number of phenolic OH excluding ortho intramolecular Hbond substituents is 1. The van der Waals surface area contributed by atoms with Gasteiger partial charge in [0.05, 0.1) is 0 Å². The lowest BCUT2D eigenvalue weighted by Gasteiger charge is -2.18. The van der Waals surface area contributed by atoms with Crippen LogP contribution in [-0.2, 0) is 0 Å². The fraction of sp³-hybridized carbons (Fsp3) is 0.647. The van der Waals surface area contributed by atoms with E-state index in [9.17, 15) is 5.11 Å². The van der Waals surface area contributed by atoms with Crippen LogP contribution in [-0.4, -0.2) is 36.7 Å². The van der Waals surface area contributed by atoms with Gasteiger partial charge in [0.25, 0.3) is 0 Å². The highest BCUT2D eigenvalue weighted by molar-refractivity contribution is 5.50. The highest BCUT2D eigenvalue weighted by Crippen LogP contribution is 2.45. The summed E-state index contributed by atoms with van der Waals surface area (Å²) >= 11 is 0. The molecule has 3 unspecified atom stereocenters. The smallest absolute Gasteiger partial charge is 0.120 e. The topological polar surface area (TPSA) is 35.5 Å². The van der Waals surface area contributed by atoms with Gasteiger partial charge in [0, 0.05) is 18.2 Å². The second-order valence-electron chi connectivity index (χ2n) is 6.74. The van der Waals surface area contributed by atoms with Gasteiger partial charge in [-0.15, -0.1) is 0 Å². The van der Waals surface area contributed by atoms with Crippen LogP contribution in [0.2, 0.25) is 0 Å². The van der Waals surface area contributed by atoms with Gasteiger partial charge in [-0.25, -0.2) is 0 Å². The van der Waals surface area contributed by atoms with Gasteiger partial charge in [-0.05, 0) is 68.9 Å². The average Bonchev–Trinajstić information content (AvgIpc) is 2.96. The van der Waals surface area contributed by atoms with E-state index >= 15 is 0 Å². The molecule has 1 aromatic rings. The Morgan fingerprint density at radius 2 is 2.15 bits per heavy atom. The van der Waals surface area contributed by atoms with E-state index in [4.69, 9.17) is 0 Å². The maximum Gasteiger partial charge on any atom is 0.120 e. The van der Waals surface area contributed by atoms with Crippen molar-refractivity contribution in [3.05, 3.63) is 28.8 Å². The first kappa shape index (κ1) is 13.9. The number of likely N-dealkylation sites (tertiary alicyclic amines) is 1.